The lowest BCUT2D eigenvalue weighted by atomic mass is 10.2. The molecule has 1 aliphatic heterocycles. The third kappa shape index (κ3) is 4.34. The van der Waals surface area contributed by atoms with E-state index in [4.69, 9.17) is 0 Å². The first-order chi connectivity index (χ1) is 11.2. The highest BCUT2D eigenvalue weighted by atomic mass is 32.2. The molecule has 1 heterocycles. The fourth-order valence-electron chi connectivity index (χ4n) is 2.77. The monoisotopic (exact) mass is 374 g/mol. The van der Waals surface area contributed by atoms with Gasteiger partial charge in [0, 0.05) is 26.1 Å². The fraction of sp³-hybridized carbons (Fsp3) is 0.533. The van der Waals surface area contributed by atoms with E-state index in [0.717, 1.165) is 5.56 Å². The average Bonchev–Trinajstić information content (AvgIpc) is 2.85. The van der Waals surface area contributed by atoms with Gasteiger partial charge in [0.25, 0.3) is 0 Å². The number of benzene rings is 1. The minimum atomic E-state index is -3.75. The molecule has 0 bridgehead atoms. The minimum absolute atomic E-state index is 0.0271. The van der Waals surface area contributed by atoms with Gasteiger partial charge >= 0.3 is 0 Å². The van der Waals surface area contributed by atoms with Crippen LogP contribution in [0.2, 0.25) is 0 Å². The summed E-state index contributed by atoms with van der Waals surface area (Å²) >= 11 is 0. The van der Waals surface area contributed by atoms with Crippen molar-refractivity contribution < 1.29 is 21.6 Å². The van der Waals surface area contributed by atoms with Gasteiger partial charge in [0.1, 0.15) is 0 Å². The highest BCUT2D eigenvalue weighted by Crippen LogP contribution is 2.25. The molecule has 1 amide bonds. The van der Waals surface area contributed by atoms with Crippen molar-refractivity contribution in [2.45, 2.75) is 37.8 Å². The molecular weight excluding hydrogens is 352 g/mol. The molecule has 134 valence electrons. The van der Waals surface area contributed by atoms with Gasteiger partial charge in [-0.25, -0.2) is 16.8 Å². The Balaban J connectivity index is 2.20. The van der Waals surface area contributed by atoms with Crippen molar-refractivity contribution in [3.63, 3.8) is 0 Å². The molecule has 1 N–H and O–H groups in total. The first-order valence-electron chi connectivity index (χ1n) is 7.71. The highest BCUT2D eigenvalue weighted by molar-refractivity contribution is 7.92. The van der Waals surface area contributed by atoms with E-state index in [2.05, 4.69) is 5.32 Å². The van der Waals surface area contributed by atoms with Crippen molar-refractivity contribution in [1.82, 2.24) is 9.62 Å². The van der Waals surface area contributed by atoms with Gasteiger partial charge in [-0.2, -0.15) is 4.31 Å². The zero-order valence-corrected chi connectivity index (χ0v) is 15.4. The molecule has 2 rings (SSSR count). The van der Waals surface area contributed by atoms with Crippen molar-refractivity contribution in [1.29, 1.82) is 0 Å². The summed E-state index contributed by atoms with van der Waals surface area (Å²) < 4.78 is 50.1. The topological polar surface area (TPSA) is 101 Å². The molecule has 7 nitrogen and oxygen atoms in total. The Morgan fingerprint density at radius 3 is 2.38 bits per heavy atom. The molecule has 0 aliphatic carbocycles. The summed E-state index contributed by atoms with van der Waals surface area (Å²) in [5.74, 6) is -0.258. The van der Waals surface area contributed by atoms with Crippen LogP contribution in [0.3, 0.4) is 0 Å². The van der Waals surface area contributed by atoms with E-state index >= 15 is 0 Å². The van der Waals surface area contributed by atoms with E-state index in [1.54, 1.807) is 19.1 Å². The molecule has 0 unspecified atom stereocenters. The molecule has 0 radical (unpaired) electrons. The summed E-state index contributed by atoms with van der Waals surface area (Å²) in [5.41, 5.74) is 0.788. The smallest absolute Gasteiger partial charge is 0.243 e. The van der Waals surface area contributed by atoms with Gasteiger partial charge in [-0.05, 0) is 24.1 Å². The minimum Gasteiger partial charge on any atom is -0.352 e. The van der Waals surface area contributed by atoms with Crippen LogP contribution in [0.1, 0.15) is 25.8 Å². The Kier molecular flexibility index (Phi) is 5.67. The quantitative estimate of drug-likeness (QED) is 0.782. The van der Waals surface area contributed by atoms with E-state index in [1.165, 1.54) is 23.4 Å². The number of carbonyl (C=O) groups is 1. The fourth-order valence-corrected chi connectivity index (χ4v) is 6.26. The lowest BCUT2D eigenvalue weighted by molar-refractivity contribution is -0.119. The number of sulfonamides is 1. The maximum Gasteiger partial charge on any atom is 0.243 e. The summed E-state index contributed by atoms with van der Waals surface area (Å²) in [7, 11) is -6.91. The number of hydrogen-bond acceptors (Lipinski definition) is 5. The Bertz CT molecular complexity index is 801. The van der Waals surface area contributed by atoms with Gasteiger partial charge in [-0.3, -0.25) is 4.79 Å². The normalized spacial score (nSPS) is 20.2. The molecule has 1 atom stereocenters. The molecule has 9 heteroatoms. The van der Waals surface area contributed by atoms with Crippen LogP contribution < -0.4 is 5.32 Å². The van der Waals surface area contributed by atoms with E-state index < -0.39 is 25.9 Å². The van der Waals surface area contributed by atoms with Gasteiger partial charge in [-0.15, -0.1) is 0 Å². The second-order valence-electron chi connectivity index (χ2n) is 5.82. The van der Waals surface area contributed by atoms with Crippen LogP contribution in [-0.2, 0) is 31.2 Å². The standard InChI is InChI=1S/C15H22N2O5S2/c1-3-17(14-8-9-23(19,20)11-14)24(21,22)15-6-4-13(5-7-15)10-16-12(2)18/h4-7,14H,3,8-11H2,1-2H3,(H,16,18)/t14-/m1/s1. The van der Waals surface area contributed by atoms with Crippen LogP contribution in [0, 0.1) is 0 Å². The number of rotatable bonds is 6. The van der Waals surface area contributed by atoms with Crippen LogP contribution in [0.25, 0.3) is 0 Å². The maximum absolute atomic E-state index is 12.8. The average molecular weight is 374 g/mol. The molecule has 1 aliphatic rings. The summed E-state index contributed by atoms with van der Waals surface area (Å²) in [6, 6.07) is 5.74. The second kappa shape index (κ2) is 7.20. The van der Waals surface area contributed by atoms with E-state index in [-0.39, 0.29) is 28.9 Å². The highest BCUT2D eigenvalue weighted by Gasteiger charge is 2.37. The molecular formula is C15H22N2O5S2. The van der Waals surface area contributed by atoms with Gasteiger partial charge in [0.05, 0.1) is 16.4 Å². The van der Waals surface area contributed by atoms with Gasteiger partial charge < -0.3 is 5.32 Å². The van der Waals surface area contributed by atoms with Crippen LogP contribution in [0.5, 0.6) is 0 Å². The van der Waals surface area contributed by atoms with Crippen molar-refractivity contribution in [2.75, 3.05) is 18.1 Å². The first kappa shape index (κ1) is 18.9. The molecule has 1 saturated heterocycles. The number of amides is 1. The predicted octanol–water partition coefficient (Wildman–Crippen LogP) is 0.520. The zero-order valence-electron chi connectivity index (χ0n) is 13.7. The molecule has 0 saturated carbocycles. The van der Waals surface area contributed by atoms with Crippen molar-refractivity contribution >= 4 is 25.8 Å². The van der Waals surface area contributed by atoms with Gasteiger partial charge in [-0.1, -0.05) is 19.1 Å². The van der Waals surface area contributed by atoms with Gasteiger partial charge in [0.2, 0.25) is 15.9 Å². The van der Waals surface area contributed by atoms with Crippen LogP contribution in [0.4, 0.5) is 0 Å². The Morgan fingerprint density at radius 1 is 1.29 bits per heavy atom. The van der Waals surface area contributed by atoms with E-state index in [0.29, 0.717) is 13.0 Å². The largest absolute Gasteiger partial charge is 0.352 e. The van der Waals surface area contributed by atoms with Crippen LogP contribution >= 0.6 is 0 Å². The van der Waals surface area contributed by atoms with E-state index in [1.807, 2.05) is 0 Å². The van der Waals surface area contributed by atoms with Crippen molar-refractivity contribution in [3.8, 4) is 0 Å². The maximum atomic E-state index is 12.8. The van der Waals surface area contributed by atoms with Gasteiger partial charge in [0.15, 0.2) is 9.84 Å². The Labute approximate surface area is 143 Å². The lowest BCUT2D eigenvalue weighted by Crippen LogP contribution is -2.40. The number of nitrogens with one attached hydrogen (secondary N) is 1. The van der Waals surface area contributed by atoms with Crippen molar-refractivity contribution in [2.24, 2.45) is 0 Å². The second-order valence-corrected chi connectivity index (χ2v) is 9.94. The molecule has 1 aromatic carbocycles. The van der Waals surface area contributed by atoms with Crippen LogP contribution in [0.15, 0.2) is 29.2 Å². The number of sulfone groups is 1. The molecule has 0 spiro atoms. The summed E-state index contributed by atoms with van der Waals surface area (Å²) in [6.07, 6.45) is 0.329. The van der Waals surface area contributed by atoms with E-state index in [9.17, 15) is 21.6 Å². The summed E-state index contributed by atoms with van der Waals surface area (Å²) in [5, 5.41) is 2.64. The van der Waals surface area contributed by atoms with Crippen molar-refractivity contribution in [3.05, 3.63) is 29.8 Å². The molecule has 0 aromatic heterocycles. The SMILES string of the molecule is CCN([C@@H]1CCS(=O)(=O)C1)S(=O)(=O)c1ccc(CNC(C)=O)cc1. The third-order valence-corrected chi connectivity index (χ3v) is 7.79. The number of carbonyl (C=O) groups excluding carboxylic acids is 1. The summed E-state index contributed by atoms with van der Waals surface area (Å²) in [6.45, 7) is 3.66. The lowest BCUT2D eigenvalue weighted by Gasteiger charge is -2.26. The van der Waals surface area contributed by atoms with Crippen LogP contribution in [-0.4, -0.2) is 51.1 Å². The zero-order chi connectivity index (χ0) is 18.0. The Morgan fingerprint density at radius 2 is 1.92 bits per heavy atom. The first-order valence-corrected chi connectivity index (χ1v) is 11.0. The number of hydrogen-bond donors (Lipinski definition) is 1. The number of nitrogens with zero attached hydrogens (tertiary/aromatic N) is 1. The predicted molar refractivity (Wildman–Crippen MR) is 90.6 cm³/mol. The third-order valence-electron chi connectivity index (χ3n) is 4.00. The summed E-state index contributed by atoms with van der Waals surface area (Å²) in [4.78, 5) is 11.0. The molecule has 1 aromatic rings. The molecule has 24 heavy (non-hydrogen) atoms. The Hall–Kier alpha value is -1.45. The molecule has 1 fully saturated rings.